The zero-order chi connectivity index (χ0) is 13.1. The number of likely N-dealkylation sites (N-methyl/N-ethyl adjacent to an activating group) is 1. The second kappa shape index (κ2) is 5.64. The maximum Gasteiger partial charge on any atom is 0.0585 e. The van der Waals surface area contributed by atoms with Crippen LogP contribution in [-0.2, 0) is 16.6 Å². The third-order valence-corrected chi connectivity index (χ3v) is 4.85. The Morgan fingerprint density at radius 3 is 3.00 bits per heavy atom. The highest BCUT2D eigenvalue weighted by Crippen LogP contribution is 2.42. The molecule has 0 amide bonds. The van der Waals surface area contributed by atoms with E-state index in [1.807, 2.05) is 0 Å². The lowest BCUT2D eigenvalue weighted by Gasteiger charge is -2.41. The summed E-state index contributed by atoms with van der Waals surface area (Å²) in [4.78, 5) is 0. The van der Waals surface area contributed by atoms with E-state index < -0.39 is 0 Å². The first-order valence-corrected chi connectivity index (χ1v) is 7.69. The van der Waals surface area contributed by atoms with Crippen molar-refractivity contribution in [1.29, 1.82) is 0 Å². The van der Waals surface area contributed by atoms with E-state index >= 15 is 0 Å². The van der Waals surface area contributed by atoms with Gasteiger partial charge in [-0.25, -0.2) is 0 Å². The van der Waals surface area contributed by atoms with Gasteiger partial charge in [0.25, 0.3) is 0 Å². The molecule has 1 fully saturated rings. The van der Waals surface area contributed by atoms with Crippen molar-refractivity contribution in [2.75, 3.05) is 20.2 Å². The second-order valence-electron chi connectivity index (χ2n) is 6.16. The van der Waals surface area contributed by atoms with E-state index in [9.17, 15) is 0 Å². The van der Waals surface area contributed by atoms with Gasteiger partial charge in [0, 0.05) is 18.6 Å². The summed E-state index contributed by atoms with van der Waals surface area (Å²) >= 11 is 0. The van der Waals surface area contributed by atoms with Crippen LogP contribution >= 0.6 is 0 Å². The molecule has 2 aliphatic rings. The molecule has 2 atom stereocenters. The van der Waals surface area contributed by atoms with Crippen LogP contribution in [0.15, 0.2) is 24.3 Å². The SMILES string of the molecule is CNCC1(CC2CCCO2)CCCc2ccccc21. The molecule has 1 N–H and O–H groups in total. The molecule has 0 bridgehead atoms. The molecule has 2 unspecified atom stereocenters. The Hall–Kier alpha value is -0.860. The minimum absolute atomic E-state index is 0.290. The van der Waals surface area contributed by atoms with Crippen LogP contribution in [0.2, 0.25) is 0 Å². The molecule has 1 aliphatic heterocycles. The Labute approximate surface area is 116 Å². The number of fused-ring (bicyclic) bond motifs is 1. The van der Waals surface area contributed by atoms with Crippen molar-refractivity contribution in [3.8, 4) is 0 Å². The van der Waals surface area contributed by atoms with Crippen LogP contribution in [0.4, 0.5) is 0 Å². The molecule has 1 aromatic rings. The normalized spacial score (nSPS) is 30.3. The maximum absolute atomic E-state index is 5.91. The molecule has 0 saturated carbocycles. The molecule has 2 heteroatoms. The van der Waals surface area contributed by atoms with Crippen molar-refractivity contribution < 1.29 is 4.74 Å². The molecule has 0 aromatic heterocycles. The van der Waals surface area contributed by atoms with E-state index in [4.69, 9.17) is 4.74 Å². The average Bonchev–Trinajstić information content (AvgIpc) is 2.92. The summed E-state index contributed by atoms with van der Waals surface area (Å²) < 4.78 is 5.91. The second-order valence-corrected chi connectivity index (χ2v) is 6.16. The van der Waals surface area contributed by atoms with Crippen LogP contribution in [0.3, 0.4) is 0 Å². The monoisotopic (exact) mass is 259 g/mol. The van der Waals surface area contributed by atoms with Gasteiger partial charge in [-0.3, -0.25) is 0 Å². The highest BCUT2D eigenvalue weighted by atomic mass is 16.5. The Morgan fingerprint density at radius 1 is 1.32 bits per heavy atom. The highest BCUT2D eigenvalue weighted by molar-refractivity contribution is 5.37. The van der Waals surface area contributed by atoms with Gasteiger partial charge in [-0.05, 0) is 56.7 Å². The summed E-state index contributed by atoms with van der Waals surface area (Å²) in [6, 6.07) is 9.04. The van der Waals surface area contributed by atoms with Crippen molar-refractivity contribution in [2.24, 2.45) is 0 Å². The summed E-state index contributed by atoms with van der Waals surface area (Å²) in [6.07, 6.45) is 7.99. The van der Waals surface area contributed by atoms with E-state index in [-0.39, 0.29) is 0 Å². The van der Waals surface area contributed by atoms with Crippen LogP contribution in [0.5, 0.6) is 0 Å². The molecule has 1 saturated heterocycles. The molecule has 0 spiro atoms. The average molecular weight is 259 g/mol. The quantitative estimate of drug-likeness (QED) is 0.897. The number of benzene rings is 1. The fraction of sp³-hybridized carbons (Fsp3) is 0.647. The molecular weight excluding hydrogens is 234 g/mol. The molecule has 1 aliphatic carbocycles. The summed E-state index contributed by atoms with van der Waals surface area (Å²) in [5, 5.41) is 3.44. The van der Waals surface area contributed by atoms with Crippen LogP contribution in [0, 0.1) is 0 Å². The highest BCUT2D eigenvalue weighted by Gasteiger charge is 2.38. The van der Waals surface area contributed by atoms with E-state index in [0.29, 0.717) is 11.5 Å². The summed E-state index contributed by atoms with van der Waals surface area (Å²) in [6.45, 7) is 2.03. The van der Waals surface area contributed by atoms with Gasteiger partial charge in [-0.2, -0.15) is 0 Å². The minimum atomic E-state index is 0.290. The predicted octanol–water partition coefficient (Wildman–Crippen LogP) is 3.05. The Morgan fingerprint density at radius 2 is 2.21 bits per heavy atom. The lowest BCUT2D eigenvalue weighted by Crippen LogP contribution is -2.42. The van der Waals surface area contributed by atoms with Crippen molar-refractivity contribution in [2.45, 2.75) is 50.0 Å². The fourth-order valence-corrected chi connectivity index (χ4v) is 4.05. The number of rotatable bonds is 4. The zero-order valence-electron chi connectivity index (χ0n) is 12.0. The number of nitrogens with one attached hydrogen (secondary N) is 1. The summed E-state index contributed by atoms with van der Waals surface area (Å²) in [5.41, 5.74) is 3.42. The van der Waals surface area contributed by atoms with Gasteiger partial charge < -0.3 is 10.1 Å². The molecule has 19 heavy (non-hydrogen) atoms. The first-order chi connectivity index (χ1) is 9.34. The lowest BCUT2D eigenvalue weighted by atomic mass is 9.66. The number of aryl methyl sites for hydroxylation is 1. The first kappa shape index (κ1) is 13.1. The van der Waals surface area contributed by atoms with Crippen molar-refractivity contribution >= 4 is 0 Å². The Balaban J connectivity index is 1.91. The third-order valence-electron chi connectivity index (χ3n) is 4.85. The molecule has 104 valence electrons. The number of hydrogen-bond donors (Lipinski definition) is 1. The Bertz CT molecular complexity index is 425. The van der Waals surface area contributed by atoms with Crippen molar-refractivity contribution in [1.82, 2.24) is 5.32 Å². The molecule has 0 radical (unpaired) electrons. The zero-order valence-corrected chi connectivity index (χ0v) is 12.0. The van der Waals surface area contributed by atoms with Crippen LogP contribution < -0.4 is 5.32 Å². The standard InChI is InChI=1S/C17H25NO/c1-18-13-17(12-15-8-5-11-19-15)10-4-7-14-6-2-3-9-16(14)17/h2-3,6,9,15,18H,4-5,7-8,10-13H2,1H3. The minimum Gasteiger partial charge on any atom is -0.378 e. The van der Waals surface area contributed by atoms with Gasteiger partial charge in [0.2, 0.25) is 0 Å². The third kappa shape index (κ3) is 2.56. The van der Waals surface area contributed by atoms with Gasteiger partial charge in [-0.15, -0.1) is 0 Å². The first-order valence-electron chi connectivity index (χ1n) is 7.69. The molecule has 1 aromatic carbocycles. The number of ether oxygens (including phenoxy) is 1. The van der Waals surface area contributed by atoms with Crippen molar-refractivity contribution in [3.63, 3.8) is 0 Å². The summed E-state index contributed by atoms with van der Waals surface area (Å²) in [5.74, 6) is 0. The summed E-state index contributed by atoms with van der Waals surface area (Å²) in [7, 11) is 2.08. The maximum atomic E-state index is 5.91. The molecule has 2 nitrogen and oxygen atoms in total. The lowest BCUT2D eigenvalue weighted by molar-refractivity contribution is 0.0775. The topological polar surface area (TPSA) is 21.3 Å². The van der Waals surface area contributed by atoms with Gasteiger partial charge in [0.1, 0.15) is 0 Å². The van der Waals surface area contributed by atoms with Gasteiger partial charge in [0.15, 0.2) is 0 Å². The van der Waals surface area contributed by atoms with E-state index in [2.05, 4.69) is 36.6 Å². The number of hydrogen-bond acceptors (Lipinski definition) is 2. The Kier molecular flexibility index (Phi) is 3.90. The molecule has 3 rings (SSSR count). The van der Waals surface area contributed by atoms with Crippen molar-refractivity contribution in [3.05, 3.63) is 35.4 Å². The smallest absolute Gasteiger partial charge is 0.0585 e. The van der Waals surface area contributed by atoms with Crippen LogP contribution in [0.1, 0.15) is 43.2 Å². The van der Waals surface area contributed by atoms with E-state index in [0.717, 1.165) is 13.2 Å². The van der Waals surface area contributed by atoms with E-state index in [1.54, 1.807) is 11.1 Å². The van der Waals surface area contributed by atoms with Gasteiger partial charge in [-0.1, -0.05) is 24.3 Å². The van der Waals surface area contributed by atoms with Gasteiger partial charge in [0.05, 0.1) is 6.10 Å². The van der Waals surface area contributed by atoms with E-state index in [1.165, 1.54) is 38.5 Å². The van der Waals surface area contributed by atoms with Crippen LogP contribution in [0.25, 0.3) is 0 Å². The largest absolute Gasteiger partial charge is 0.378 e. The molecule has 1 heterocycles. The van der Waals surface area contributed by atoms with Gasteiger partial charge >= 0.3 is 0 Å². The fourth-order valence-electron chi connectivity index (χ4n) is 4.05. The predicted molar refractivity (Wildman–Crippen MR) is 78.6 cm³/mol. The van der Waals surface area contributed by atoms with Crippen LogP contribution in [-0.4, -0.2) is 26.3 Å². The molecular formula is C17H25NO.